The summed E-state index contributed by atoms with van der Waals surface area (Å²) in [6.45, 7) is 1.69. The van der Waals surface area contributed by atoms with Gasteiger partial charge in [0.25, 0.3) is 0 Å². The van der Waals surface area contributed by atoms with Crippen molar-refractivity contribution >= 4 is 11.8 Å². The third-order valence-electron chi connectivity index (χ3n) is 2.90. The minimum atomic E-state index is 0.285. The van der Waals surface area contributed by atoms with Gasteiger partial charge in [-0.25, -0.2) is 0 Å². The van der Waals surface area contributed by atoms with Crippen LogP contribution >= 0.6 is 11.8 Å². The number of hydrogen-bond acceptors (Lipinski definition) is 4. The van der Waals surface area contributed by atoms with Crippen molar-refractivity contribution < 1.29 is 4.74 Å². The summed E-state index contributed by atoms with van der Waals surface area (Å²) < 4.78 is 5.16. The number of ether oxygens (including phenoxy) is 1. The molecular weight excluding hydrogens is 232 g/mol. The molecule has 0 aliphatic rings. The molecule has 2 N–H and O–H groups in total. The van der Waals surface area contributed by atoms with Crippen LogP contribution in [0.1, 0.15) is 11.6 Å². The van der Waals surface area contributed by atoms with Crippen molar-refractivity contribution in [3.8, 4) is 5.75 Å². The molecule has 0 aliphatic carbocycles. The van der Waals surface area contributed by atoms with Crippen LogP contribution < -0.4 is 10.5 Å². The Morgan fingerprint density at radius 3 is 2.47 bits per heavy atom. The van der Waals surface area contributed by atoms with E-state index in [0.29, 0.717) is 6.54 Å². The molecule has 0 heterocycles. The Morgan fingerprint density at radius 2 is 2.00 bits per heavy atom. The zero-order valence-electron chi connectivity index (χ0n) is 10.8. The minimum Gasteiger partial charge on any atom is -0.497 e. The summed E-state index contributed by atoms with van der Waals surface area (Å²) in [6, 6.07) is 8.44. The van der Waals surface area contributed by atoms with Gasteiger partial charge in [0, 0.05) is 24.9 Å². The van der Waals surface area contributed by atoms with Crippen LogP contribution in [0.5, 0.6) is 5.75 Å². The molecule has 1 aromatic rings. The lowest BCUT2D eigenvalue weighted by atomic mass is 10.1. The summed E-state index contributed by atoms with van der Waals surface area (Å²) in [5.74, 6) is 2.01. The zero-order valence-corrected chi connectivity index (χ0v) is 11.7. The monoisotopic (exact) mass is 254 g/mol. The first-order valence-corrected chi connectivity index (χ1v) is 7.15. The van der Waals surface area contributed by atoms with E-state index < -0.39 is 0 Å². The summed E-state index contributed by atoms with van der Waals surface area (Å²) in [6.07, 6.45) is 2.12. The summed E-state index contributed by atoms with van der Waals surface area (Å²) >= 11 is 1.86. The molecule has 0 saturated carbocycles. The molecule has 1 atom stereocenters. The SMILES string of the molecule is COc1ccc(C(CN)N(C)CCSC)cc1. The van der Waals surface area contributed by atoms with Gasteiger partial charge in [-0.05, 0) is 31.0 Å². The number of methoxy groups -OCH3 is 1. The van der Waals surface area contributed by atoms with Crippen molar-refractivity contribution in [2.45, 2.75) is 6.04 Å². The Morgan fingerprint density at radius 1 is 1.35 bits per heavy atom. The predicted molar refractivity (Wildman–Crippen MR) is 75.8 cm³/mol. The van der Waals surface area contributed by atoms with E-state index in [-0.39, 0.29) is 6.04 Å². The first-order valence-electron chi connectivity index (χ1n) is 5.76. The number of hydrogen-bond donors (Lipinski definition) is 1. The highest BCUT2D eigenvalue weighted by molar-refractivity contribution is 7.98. The molecule has 0 saturated heterocycles. The van der Waals surface area contributed by atoms with E-state index >= 15 is 0 Å². The van der Waals surface area contributed by atoms with Crippen LogP contribution in [-0.2, 0) is 0 Å². The van der Waals surface area contributed by atoms with Crippen molar-refractivity contribution in [3.05, 3.63) is 29.8 Å². The second-order valence-corrected chi connectivity index (χ2v) is 4.98. The van der Waals surface area contributed by atoms with Crippen molar-refractivity contribution in [2.75, 3.05) is 39.3 Å². The maximum atomic E-state index is 5.87. The molecule has 96 valence electrons. The Kier molecular flexibility index (Phi) is 6.40. The van der Waals surface area contributed by atoms with Gasteiger partial charge in [-0.2, -0.15) is 11.8 Å². The zero-order chi connectivity index (χ0) is 12.7. The van der Waals surface area contributed by atoms with Gasteiger partial charge in [0.05, 0.1) is 7.11 Å². The number of rotatable bonds is 7. The van der Waals surface area contributed by atoms with Gasteiger partial charge < -0.3 is 10.5 Å². The molecule has 1 rings (SSSR count). The molecule has 0 aromatic heterocycles. The average molecular weight is 254 g/mol. The lowest BCUT2D eigenvalue weighted by Gasteiger charge is -2.27. The normalized spacial score (nSPS) is 12.8. The van der Waals surface area contributed by atoms with Crippen LogP contribution in [0.3, 0.4) is 0 Å². The summed E-state index contributed by atoms with van der Waals surface area (Å²) in [4.78, 5) is 2.30. The average Bonchev–Trinajstić information content (AvgIpc) is 2.38. The summed E-state index contributed by atoms with van der Waals surface area (Å²) in [5, 5.41) is 0. The number of nitrogens with zero attached hydrogens (tertiary/aromatic N) is 1. The first kappa shape index (κ1) is 14.4. The number of benzene rings is 1. The molecular formula is C13H22N2OS. The summed E-state index contributed by atoms with van der Waals surface area (Å²) in [7, 11) is 3.80. The van der Waals surface area contributed by atoms with Gasteiger partial charge in [-0.1, -0.05) is 12.1 Å². The smallest absolute Gasteiger partial charge is 0.118 e. The van der Waals surface area contributed by atoms with Gasteiger partial charge in [0.2, 0.25) is 0 Å². The molecule has 0 fully saturated rings. The Labute approximate surface area is 108 Å². The van der Waals surface area contributed by atoms with E-state index in [4.69, 9.17) is 10.5 Å². The van der Waals surface area contributed by atoms with Crippen molar-refractivity contribution in [1.29, 1.82) is 0 Å². The van der Waals surface area contributed by atoms with Gasteiger partial charge >= 0.3 is 0 Å². The lowest BCUT2D eigenvalue weighted by molar-refractivity contribution is 0.265. The molecule has 0 amide bonds. The maximum absolute atomic E-state index is 5.87. The van der Waals surface area contributed by atoms with Crippen molar-refractivity contribution in [3.63, 3.8) is 0 Å². The molecule has 4 heteroatoms. The largest absolute Gasteiger partial charge is 0.497 e. The van der Waals surface area contributed by atoms with Crippen LogP contribution in [-0.4, -0.2) is 44.2 Å². The van der Waals surface area contributed by atoms with Crippen LogP contribution in [0, 0.1) is 0 Å². The molecule has 0 aliphatic heterocycles. The van der Waals surface area contributed by atoms with Gasteiger partial charge in [0.15, 0.2) is 0 Å². The lowest BCUT2D eigenvalue weighted by Crippen LogP contribution is -2.32. The quantitative estimate of drug-likeness (QED) is 0.807. The molecule has 3 nitrogen and oxygen atoms in total. The highest BCUT2D eigenvalue weighted by Gasteiger charge is 2.14. The van der Waals surface area contributed by atoms with E-state index in [1.165, 1.54) is 5.56 Å². The van der Waals surface area contributed by atoms with E-state index in [2.05, 4.69) is 30.3 Å². The second-order valence-electron chi connectivity index (χ2n) is 4.00. The standard InChI is InChI=1S/C13H22N2OS/c1-15(8-9-17-3)13(10-14)11-4-6-12(16-2)7-5-11/h4-7,13H,8-10,14H2,1-3H3. The van der Waals surface area contributed by atoms with E-state index in [0.717, 1.165) is 18.0 Å². The molecule has 17 heavy (non-hydrogen) atoms. The van der Waals surface area contributed by atoms with Crippen LogP contribution in [0.4, 0.5) is 0 Å². The van der Waals surface area contributed by atoms with Crippen LogP contribution in [0.2, 0.25) is 0 Å². The van der Waals surface area contributed by atoms with Gasteiger partial charge in [0.1, 0.15) is 5.75 Å². The molecule has 0 radical (unpaired) electrons. The predicted octanol–water partition coefficient (Wildman–Crippen LogP) is 1.99. The summed E-state index contributed by atoms with van der Waals surface area (Å²) in [5.41, 5.74) is 7.12. The Hall–Kier alpha value is -0.710. The highest BCUT2D eigenvalue weighted by Crippen LogP contribution is 2.21. The van der Waals surface area contributed by atoms with E-state index in [9.17, 15) is 0 Å². The Bertz CT molecular complexity index is 316. The minimum absolute atomic E-state index is 0.285. The molecule has 0 spiro atoms. The molecule has 1 unspecified atom stereocenters. The second kappa shape index (κ2) is 7.58. The molecule has 0 bridgehead atoms. The fourth-order valence-electron chi connectivity index (χ4n) is 1.79. The van der Waals surface area contributed by atoms with Gasteiger partial charge in [-0.3, -0.25) is 4.90 Å². The van der Waals surface area contributed by atoms with E-state index in [1.807, 2.05) is 23.9 Å². The fourth-order valence-corrected chi connectivity index (χ4v) is 2.26. The number of likely N-dealkylation sites (N-methyl/N-ethyl adjacent to an activating group) is 1. The fraction of sp³-hybridized carbons (Fsp3) is 0.538. The number of thioether (sulfide) groups is 1. The van der Waals surface area contributed by atoms with Crippen molar-refractivity contribution in [2.24, 2.45) is 5.73 Å². The first-order chi connectivity index (χ1) is 8.22. The Balaban J connectivity index is 2.70. The maximum Gasteiger partial charge on any atom is 0.118 e. The molecule has 1 aromatic carbocycles. The third kappa shape index (κ3) is 4.22. The van der Waals surface area contributed by atoms with Crippen LogP contribution in [0.15, 0.2) is 24.3 Å². The van der Waals surface area contributed by atoms with Crippen LogP contribution in [0.25, 0.3) is 0 Å². The van der Waals surface area contributed by atoms with Crippen molar-refractivity contribution in [1.82, 2.24) is 4.90 Å². The highest BCUT2D eigenvalue weighted by atomic mass is 32.2. The topological polar surface area (TPSA) is 38.5 Å². The third-order valence-corrected chi connectivity index (χ3v) is 3.49. The van der Waals surface area contributed by atoms with E-state index in [1.54, 1.807) is 7.11 Å². The number of nitrogens with two attached hydrogens (primary N) is 1. The van der Waals surface area contributed by atoms with Gasteiger partial charge in [-0.15, -0.1) is 0 Å².